The second kappa shape index (κ2) is 5.65. The van der Waals surface area contributed by atoms with E-state index in [1.807, 2.05) is 19.3 Å². The average Bonchev–Trinajstić information content (AvgIpc) is 2.58. The number of aryl methyl sites for hydroxylation is 1. The minimum absolute atomic E-state index is 0.653. The molecule has 1 aromatic heterocycles. The van der Waals surface area contributed by atoms with Gasteiger partial charge in [0.1, 0.15) is 5.82 Å². The van der Waals surface area contributed by atoms with Gasteiger partial charge in [0.15, 0.2) is 0 Å². The molecule has 80 valence electrons. The van der Waals surface area contributed by atoms with E-state index in [9.17, 15) is 0 Å². The van der Waals surface area contributed by atoms with E-state index >= 15 is 0 Å². The van der Waals surface area contributed by atoms with Crippen LogP contribution in [0, 0.1) is 5.92 Å². The molecule has 0 bridgehead atoms. The molecule has 1 unspecified atom stereocenters. The molecule has 1 aromatic rings. The van der Waals surface area contributed by atoms with E-state index < -0.39 is 0 Å². The summed E-state index contributed by atoms with van der Waals surface area (Å²) in [4.78, 5) is 0. The fraction of sp³-hybridized carbons (Fsp3) is 0.700. The number of aromatic nitrogens is 2. The van der Waals surface area contributed by atoms with E-state index in [1.54, 1.807) is 4.68 Å². The van der Waals surface area contributed by atoms with Crippen LogP contribution in [0.15, 0.2) is 12.3 Å². The number of nitrogens with zero attached hydrogens (tertiary/aromatic N) is 2. The monoisotopic (exact) mass is 196 g/mol. The molecule has 0 aliphatic heterocycles. The molecule has 1 heterocycles. The Balaban J connectivity index is 2.20. The molecule has 0 aliphatic carbocycles. The summed E-state index contributed by atoms with van der Waals surface area (Å²) in [6.45, 7) is 3.98. The van der Waals surface area contributed by atoms with Gasteiger partial charge in [-0.15, -0.1) is 0 Å². The summed E-state index contributed by atoms with van der Waals surface area (Å²) in [5, 5.41) is 7.55. The normalized spacial score (nSPS) is 12.8. The predicted octanol–water partition coefficient (Wildman–Crippen LogP) is 1.21. The lowest BCUT2D eigenvalue weighted by molar-refractivity contribution is 0.537. The third-order valence-electron chi connectivity index (χ3n) is 2.25. The van der Waals surface area contributed by atoms with Gasteiger partial charge in [-0.25, -0.2) is 0 Å². The summed E-state index contributed by atoms with van der Waals surface area (Å²) < 4.78 is 1.80. The van der Waals surface area contributed by atoms with Crippen molar-refractivity contribution >= 4 is 5.82 Å². The molecule has 4 heteroatoms. The van der Waals surface area contributed by atoms with Crippen LogP contribution in [-0.4, -0.2) is 22.9 Å². The van der Waals surface area contributed by atoms with Crippen LogP contribution in [0.3, 0.4) is 0 Å². The fourth-order valence-corrected chi connectivity index (χ4v) is 1.36. The van der Waals surface area contributed by atoms with Gasteiger partial charge in [0.05, 0.1) is 0 Å². The van der Waals surface area contributed by atoms with Gasteiger partial charge in [0, 0.05) is 25.9 Å². The van der Waals surface area contributed by atoms with E-state index in [2.05, 4.69) is 17.3 Å². The van der Waals surface area contributed by atoms with Crippen LogP contribution < -0.4 is 11.1 Å². The van der Waals surface area contributed by atoms with Crippen LogP contribution in [0.5, 0.6) is 0 Å². The molecule has 14 heavy (non-hydrogen) atoms. The maximum atomic E-state index is 5.45. The molecule has 0 amide bonds. The molecular weight excluding hydrogens is 176 g/mol. The van der Waals surface area contributed by atoms with Gasteiger partial charge in [0.2, 0.25) is 0 Å². The Bertz CT molecular complexity index is 256. The molecule has 0 saturated heterocycles. The molecule has 0 spiro atoms. The molecule has 4 nitrogen and oxygen atoms in total. The van der Waals surface area contributed by atoms with E-state index in [0.717, 1.165) is 25.3 Å². The van der Waals surface area contributed by atoms with Crippen molar-refractivity contribution in [1.29, 1.82) is 0 Å². The Morgan fingerprint density at radius 2 is 2.43 bits per heavy atom. The van der Waals surface area contributed by atoms with Gasteiger partial charge in [-0.1, -0.05) is 6.92 Å². The zero-order valence-electron chi connectivity index (χ0n) is 9.03. The second-order valence-electron chi connectivity index (χ2n) is 3.79. The van der Waals surface area contributed by atoms with Crippen molar-refractivity contribution in [3.63, 3.8) is 0 Å². The molecule has 3 N–H and O–H groups in total. The van der Waals surface area contributed by atoms with Crippen molar-refractivity contribution < 1.29 is 0 Å². The minimum Gasteiger partial charge on any atom is -0.368 e. The van der Waals surface area contributed by atoms with Crippen LogP contribution >= 0.6 is 0 Å². The number of nitrogens with one attached hydrogen (secondary N) is 1. The fourth-order valence-electron chi connectivity index (χ4n) is 1.36. The Kier molecular flexibility index (Phi) is 4.46. The first-order valence-corrected chi connectivity index (χ1v) is 5.16. The van der Waals surface area contributed by atoms with Gasteiger partial charge in [-0.2, -0.15) is 5.10 Å². The summed E-state index contributed by atoms with van der Waals surface area (Å²) in [5.41, 5.74) is 5.45. The topological polar surface area (TPSA) is 55.9 Å². The molecule has 0 fully saturated rings. The Morgan fingerprint density at radius 3 is 3.00 bits per heavy atom. The zero-order chi connectivity index (χ0) is 10.4. The first-order valence-electron chi connectivity index (χ1n) is 5.16. The van der Waals surface area contributed by atoms with E-state index in [4.69, 9.17) is 5.73 Å². The number of rotatable bonds is 6. The number of anilines is 1. The summed E-state index contributed by atoms with van der Waals surface area (Å²) in [6, 6.07) is 1.98. The summed E-state index contributed by atoms with van der Waals surface area (Å²) in [5.74, 6) is 1.60. The number of hydrogen-bond acceptors (Lipinski definition) is 3. The first kappa shape index (κ1) is 11.0. The summed E-state index contributed by atoms with van der Waals surface area (Å²) >= 11 is 0. The highest BCUT2D eigenvalue weighted by Crippen LogP contribution is 2.07. The lowest BCUT2D eigenvalue weighted by Crippen LogP contribution is -2.13. The quantitative estimate of drug-likeness (QED) is 0.719. The summed E-state index contributed by atoms with van der Waals surface area (Å²) in [7, 11) is 1.92. The molecule has 0 aliphatic rings. The lowest BCUT2D eigenvalue weighted by atomic mass is 10.1. The Labute approximate surface area is 85.5 Å². The van der Waals surface area contributed by atoms with E-state index in [-0.39, 0.29) is 0 Å². The van der Waals surface area contributed by atoms with Crippen molar-refractivity contribution in [2.24, 2.45) is 18.7 Å². The average molecular weight is 196 g/mol. The maximum absolute atomic E-state index is 5.45. The van der Waals surface area contributed by atoms with Crippen molar-refractivity contribution in [1.82, 2.24) is 9.78 Å². The molecule has 1 rings (SSSR count). The molecule has 1 atom stereocenters. The Morgan fingerprint density at radius 1 is 1.64 bits per heavy atom. The molecule has 0 aromatic carbocycles. The standard InChI is InChI=1S/C10H20N4/c1-9(4-3-6-11)8-12-10-5-7-14(2)13-10/h5,7,9H,3-4,6,8,11H2,1-2H3,(H,12,13). The van der Waals surface area contributed by atoms with Crippen molar-refractivity contribution in [3.8, 4) is 0 Å². The smallest absolute Gasteiger partial charge is 0.147 e. The van der Waals surface area contributed by atoms with Gasteiger partial charge in [-0.05, 0) is 25.3 Å². The highest BCUT2D eigenvalue weighted by atomic mass is 15.3. The van der Waals surface area contributed by atoms with E-state index in [1.165, 1.54) is 6.42 Å². The molecular formula is C10H20N4. The number of nitrogens with two attached hydrogens (primary N) is 1. The molecule has 0 saturated carbocycles. The Hall–Kier alpha value is -1.03. The SMILES string of the molecule is CC(CCCN)CNc1ccn(C)n1. The van der Waals surface area contributed by atoms with Gasteiger partial charge >= 0.3 is 0 Å². The van der Waals surface area contributed by atoms with Crippen LogP contribution in [0.4, 0.5) is 5.82 Å². The summed E-state index contributed by atoms with van der Waals surface area (Å²) in [6.07, 6.45) is 4.22. The third-order valence-corrected chi connectivity index (χ3v) is 2.25. The van der Waals surface area contributed by atoms with Gasteiger partial charge in [-0.3, -0.25) is 4.68 Å². The van der Waals surface area contributed by atoms with Crippen molar-refractivity contribution in [2.75, 3.05) is 18.4 Å². The van der Waals surface area contributed by atoms with Crippen LogP contribution in [0.25, 0.3) is 0 Å². The number of hydrogen-bond donors (Lipinski definition) is 2. The highest BCUT2D eigenvalue weighted by Gasteiger charge is 2.02. The van der Waals surface area contributed by atoms with Crippen LogP contribution in [-0.2, 0) is 7.05 Å². The van der Waals surface area contributed by atoms with Crippen molar-refractivity contribution in [2.45, 2.75) is 19.8 Å². The third kappa shape index (κ3) is 3.79. The van der Waals surface area contributed by atoms with Crippen LogP contribution in [0.1, 0.15) is 19.8 Å². The van der Waals surface area contributed by atoms with Gasteiger partial charge in [0.25, 0.3) is 0 Å². The first-order chi connectivity index (χ1) is 6.72. The highest BCUT2D eigenvalue weighted by molar-refractivity contribution is 5.31. The van der Waals surface area contributed by atoms with E-state index in [0.29, 0.717) is 5.92 Å². The molecule has 0 radical (unpaired) electrons. The largest absolute Gasteiger partial charge is 0.368 e. The second-order valence-corrected chi connectivity index (χ2v) is 3.79. The van der Waals surface area contributed by atoms with Gasteiger partial charge < -0.3 is 11.1 Å². The predicted molar refractivity (Wildman–Crippen MR) is 59.2 cm³/mol. The maximum Gasteiger partial charge on any atom is 0.147 e. The van der Waals surface area contributed by atoms with Crippen molar-refractivity contribution in [3.05, 3.63) is 12.3 Å². The zero-order valence-corrected chi connectivity index (χ0v) is 9.03. The van der Waals surface area contributed by atoms with Crippen LogP contribution in [0.2, 0.25) is 0 Å². The lowest BCUT2D eigenvalue weighted by Gasteiger charge is -2.10. The minimum atomic E-state index is 0.653.